The molecule has 1 unspecified atom stereocenters. The zero-order valence-corrected chi connectivity index (χ0v) is 9.08. The van der Waals surface area contributed by atoms with E-state index in [1.807, 2.05) is 0 Å². The van der Waals surface area contributed by atoms with Crippen LogP contribution in [-0.2, 0) is 4.79 Å². The zero-order chi connectivity index (χ0) is 13.3. The standard InChI is InChI=1S/C5H12O5.C4H7NO/c6-1-3(8)5(10)4(9)2-7;1-3(2)4(5)6/h3-10H,1-2H2;1H2,2H3,(H2,5,6)/t3-,4+,5?;. The molecule has 0 radical (unpaired) electrons. The Balaban J connectivity index is 0. The Labute approximate surface area is 93.4 Å². The van der Waals surface area contributed by atoms with Crippen LogP contribution in [0.5, 0.6) is 0 Å². The number of aliphatic hydroxyl groups is 5. The molecule has 0 aliphatic carbocycles. The third-order valence-corrected chi connectivity index (χ3v) is 1.58. The molecule has 0 rings (SSSR count). The summed E-state index contributed by atoms with van der Waals surface area (Å²) in [5.74, 6) is -0.435. The molecule has 96 valence electrons. The summed E-state index contributed by atoms with van der Waals surface area (Å²) in [6, 6.07) is 0. The molecule has 0 fully saturated rings. The van der Waals surface area contributed by atoms with E-state index in [-0.39, 0.29) is 0 Å². The van der Waals surface area contributed by atoms with E-state index in [2.05, 4.69) is 6.58 Å². The van der Waals surface area contributed by atoms with Crippen molar-refractivity contribution in [2.24, 2.45) is 5.73 Å². The summed E-state index contributed by atoms with van der Waals surface area (Å²) in [5.41, 5.74) is 5.09. The quantitative estimate of drug-likeness (QED) is 0.283. The Morgan fingerprint density at radius 1 is 1.19 bits per heavy atom. The molecule has 0 spiro atoms. The average molecular weight is 237 g/mol. The third-order valence-electron chi connectivity index (χ3n) is 1.58. The van der Waals surface area contributed by atoms with Gasteiger partial charge in [0.2, 0.25) is 5.91 Å². The molecule has 7 N–H and O–H groups in total. The first kappa shape index (κ1) is 17.4. The van der Waals surface area contributed by atoms with Crippen LogP contribution in [0.15, 0.2) is 12.2 Å². The van der Waals surface area contributed by atoms with Gasteiger partial charge in [-0.15, -0.1) is 0 Å². The van der Waals surface area contributed by atoms with Gasteiger partial charge in [0.15, 0.2) is 0 Å². The van der Waals surface area contributed by atoms with Gasteiger partial charge >= 0.3 is 0 Å². The van der Waals surface area contributed by atoms with Crippen LogP contribution in [0.2, 0.25) is 0 Å². The Hall–Kier alpha value is -0.990. The van der Waals surface area contributed by atoms with Crippen molar-refractivity contribution in [1.29, 1.82) is 0 Å². The second-order valence-electron chi connectivity index (χ2n) is 3.14. The molecule has 0 aromatic rings. The van der Waals surface area contributed by atoms with Crippen LogP contribution in [0.4, 0.5) is 0 Å². The van der Waals surface area contributed by atoms with Gasteiger partial charge in [0.05, 0.1) is 13.2 Å². The van der Waals surface area contributed by atoms with E-state index in [4.69, 9.17) is 31.3 Å². The molecule has 0 saturated carbocycles. The zero-order valence-electron chi connectivity index (χ0n) is 9.08. The first-order valence-electron chi connectivity index (χ1n) is 4.49. The molecular formula is C9H19NO6. The van der Waals surface area contributed by atoms with Crippen LogP contribution < -0.4 is 5.73 Å². The summed E-state index contributed by atoms with van der Waals surface area (Å²) in [5, 5.41) is 42.6. The van der Waals surface area contributed by atoms with Gasteiger partial charge in [-0.25, -0.2) is 0 Å². The number of hydrogen-bond acceptors (Lipinski definition) is 6. The predicted molar refractivity (Wildman–Crippen MR) is 56.2 cm³/mol. The van der Waals surface area contributed by atoms with Crippen molar-refractivity contribution >= 4 is 5.91 Å². The highest BCUT2D eigenvalue weighted by Gasteiger charge is 2.22. The number of primary amides is 1. The van der Waals surface area contributed by atoms with Gasteiger partial charge in [-0.2, -0.15) is 0 Å². The first-order chi connectivity index (χ1) is 7.27. The number of carbonyl (C=O) groups is 1. The molecule has 0 aliphatic rings. The smallest absolute Gasteiger partial charge is 0.243 e. The second-order valence-corrected chi connectivity index (χ2v) is 3.14. The summed E-state index contributed by atoms with van der Waals surface area (Å²) < 4.78 is 0. The molecule has 0 bridgehead atoms. The van der Waals surface area contributed by atoms with Crippen molar-refractivity contribution < 1.29 is 30.3 Å². The van der Waals surface area contributed by atoms with Crippen LogP contribution in [0.25, 0.3) is 0 Å². The summed E-state index contributed by atoms with van der Waals surface area (Å²) in [4.78, 5) is 9.82. The molecule has 0 heterocycles. The third kappa shape index (κ3) is 8.33. The van der Waals surface area contributed by atoms with Crippen molar-refractivity contribution in [1.82, 2.24) is 0 Å². The minimum absolute atomic E-state index is 0.398. The number of rotatable bonds is 5. The highest BCUT2D eigenvalue weighted by Crippen LogP contribution is 1.97. The first-order valence-corrected chi connectivity index (χ1v) is 4.49. The molecule has 1 amide bonds. The van der Waals surface area contributed by atoms with Gasteiger partial charge in [-0.1, -0.05) is 6.58 Å². The maximum atomic E-state index is 9.82. The molecule has 0 saturated heterocycles. The van der Waals surface area contributed by atoms with Gasteiger partial charge in [0, 0.05) is 5.57 Å². The summed E-state index contributed by atoms with van der Waals surface area (Å²) in [6.07, 6.45) is -4.29. The summed E-state index contributed by atoms with van der Waals surface area (Å²) in [6.45, 7) is 3.57. The fraction of sp³-hybridized carbons (Fsp3) is 0.667. The Kier molecular flexibility index (Phi) is 10.1. The van der Waals surface area contributed by atoms with Crippen LogP contribution in [0, 0.1) is 0 Å². The minimum atomic E-state index is -1.49. The van der Waals surface area contributed by atoms with Crippen LogP contribution >= 0.6 is 0 Å². The van der Waals surface area contributed by atoms with E-state index >= 15 is 0 Å². The predicted octanol–water partition coefficient (Wildman–Crippen LogP) is -2.90. The van der Waals surface area contributed by atoms with Gasteiger partial charge in [-0.3, -0.25) is 4.79 Å². The fourth-order valence-electron chi connectivity index (χ4n) is 0.472. The summed E-state index contributed by atoms with van der Waals surface area (Å²) in [7, 11) is 0. The van der Waals surface area contributed by atoms with Crippen LogP contribution in [-0.4, -0.2) is 63.0 Å². The normalized spacial score (nSPS) is 15.4. The van der Waals surface area contributed by atoms with Gasteiger partial charge < -0.3 is 31.3 Å². The molecule has 0 aliphatic heterocycles. The van der Waals surface area contributed by atoms with E-state index in [9.17, 15) is 4.79 Å². The highest BCUT2D eigenvalue weighted by atomic mass is 16.4. The monoisotopic (exact) mass is 237 g/mol. The largest absolute Gasteiger partial charge is 0.394 e. The van der Waals surface area contributed by atoms with Crippen LogP contribution in [0.1, 0.15) is 6.92 Å². The Morgan fingerprint density at radius 2 is 1.44 bits per heavy atom. The maximum Gasteiger partial charge on any atom is 0.243 e. The molecule has 7 nitrogen and oxygen atoms in total. The Morgan fingerprint density at radius 3 is 1.56 bits per heavy atom. The molecule has 0 aromatic carbocycles. The van der Waals surface area contributed by atoms with E-state index < -0.39 is 37.4 Å². The number of hydrogen-bond donors (Lipinski definition) is 6. The average Bonchev–Trinajstić information content (AvgIpc) is 2.26. The van der Waals surface area contributed by atoms with E-state index in [1.165, 1.54) is 0 Å². The number of nitrogens with two attached hydrogens (primary N) is 1. The van der Waals surface area contributed by atoms with E-state index in [1.54, 1.807) is 6.92 Å². The summed E-state index contributed by atoms with van der Waals surface area (Å²) >= 11 is 0. The molecule has 3 atom stereocenters. The van der Waals surface area contributed by atoms with Gasteiger partial charge in [-0.05, 0) is 6.92 Å². The molecule has 0 aromatic heterocycles. The lowest BCUT2D eigenvalue weighted by Gasteiger charge is -2.19. The van der Waals surface area contributed by atoms with Gasteiger partial charge in [0.1, 0.15) is 18.3 Å². The Bertz CT molecular complexity index is 198. The van der Waals surface area contributed by atoms with E-state index in [0.717, 1.165) is 0 Å². The second kappa shape index (κ2) is 9.25. The fourth-order valence-corrected chi connectivity index (χ4v) is 0.472. The SMILES string of the molecule is C=C(C)C(N)=O.OC[C@@H](O)C(O)[C@@H](O)CO. The minimum Gasteiger partial charge on any atom is -0.394 e. The lowest BCUT2D eigenvalue weighted by Crippen LogP contribution is -2.41. The number of carbonyl (C=O) groups excluding carboxylic acids is 1. The maximum absolute atomic E-state index is 9.82. The van der Waals surface area contributed by atoms with Crippen molar-refractivity contribution in [3.8, 4) is 0 Å². The van der Waals surface area contributed by atoms with Gasteiger partial charge in [0.25, 0.3) is 0 Å². The van der Waals surface area contributed by atoms with Crippen molar-refractivity contribution in [2.75, 3.05) is 13.2 Å². The molecular weight excluding hydrogens is 218 g/mol. The molecule has 16 heavy (non-hydrogen) atoms. The number of aliphatic hydroxyl groups excluding tert-OH is 5. The lowest BCUT2D eigenvalue weighted by molar-refractivity contribution is -0.114. The number of amides is 1. The van der Waals surface area contributed by atoms with Crippen molar-refractivity contribution in [3.05, 3.63) is 12.2 Å². The van der Waals surface area contributed by atoms with Crippen molar-refractivity contribution in [3.63, 3.8) is 0 Å². The highest BCUT2D eigenvalue weighted by molar-refractivity contribution is 5.90. The van der Waals surface area contributed by atoms with E-state index in [0.29, 0.717) is 5.57 Å². The topological polar surface area (TPSA) is 144 Å². The van der Waals surface area contributed by atoms with Crippen molar-refractivity contribution in [2.45, 2.75) is 25.2 Å². The van der Waals surface area contributed by atoms with Crippen LogP contribution in [0.3, 0.4) is 0 Å². The lowest BCUT2D eigenvalue weighted by atomic mass is 10.1. The molecule has 7 heteroatoms.